The number of nitrogens with zero attached hydrogens (tertiary/aromatic N) is 3. The van der Waals surface area contributed by atoms with Gasteiger partial charge in [0.15, 0.2) is 5.82 Å². The largest absolute Gasteiger partial charge is 0.358 e. The standard InChI is InChI=1S/C7H8BrN3O2S/c1-4-9-6(8)7(11(12)13)10(4)5-2-14-3-5/h5H,2-3H2,1H3. The van der Waals surface area contributed by atoms with Crippen LogP contribution in [0.2, 0.25) is 0 Å². The summed E-state index contributed by atoms with van der Waals surface area (Å²) in [5.74, 6) is 2.65. The van der Waals surface area contributed by atoms with Crippen molar-refractivity contribution >= 4 is 33.5 Å². The van der Waals surface area contributed by atoms with Crippen molar-refractivity contribution < 1.29 is 4.92 Å². The molecular formula is C7H8BrN3O2S. The molecule has 0 N–H and O–H groups in total. The molecule has 1 saturated heterocycles. The molecule has 7 heteroatoms. The molecule has 76 valence electrons. The molecule has 1 fully saturated rings. The Morgan fingerprint density at radius 2 is 2.36 bits per heavy atom. The van der Waals surface area contributed by atoms with Gasteiger partial charge in [-0.2, -0.15) is 16.7 Å². The van der Waals surface area contributed by atoms with E-state index in [9.17, 15) is 10.1 Å². The first-order valence-corrected chi connectivity index (χ1v) is 6.02. The van der Waals surface area contributed by atoms with E-state index < -0.39 is 0 Å². The third-order valence-corrected chi connectivity index (χ3v) is 3.95. The lowest BCUT2D eigenvalue weighted by atomic mass is 10.3. The molecule has 0 saturated carbocycles. The smallest absolute Gasteiger partial charge is 0.357 e. The molecule has 0 spiro atoms. The number of hydrogen-bond donors (Lipinski definition) is 0. The molecule has 1 aliphatic heterocycles. The Labute approximate surface area is 93.2 Å². The third kappa shape index (κ3) is 1.44. The SMILES string of the molecule is Cc1nc(Br)c([N+](=O)[O-])n1C1CSC1. The van der Waals surface area contributed by atoms with Crippen LogP contribution >= 0.6 is 27.7 Å². The van der Waals surface area contributed by atoms with Gasteiger partial charge in [0.2, 0.25) is 4.60 Å². The van der Waals surface area contributed by atoms with E-state index in [0.29, 0.717) is 10.4 Å². The summed E-state index contributed by atoms with van der Waals surface area (Å²) in [5.41, 5.74) is 0. The molecule has 0 atom stereocenters. The van der Waals surface area contributed by atoms with E-state index in [0.717, 1.165) is 11.5 Å². The zero-order valence-electron chi connectivity index (χ0n) is 7.44. The molecule has 0 aliphatic carbocycles. The number of nitro groups is 1. The second-order valence-corrected chi connectivity index (χ2v) is 4.92. The van der Waals surface area contributed by atoms with Crippen molar-refractivity contribution in [2.45, 2.75) is 13.0 Å². The van der Waals surface area contributed by atoms with Crippen LogP contribution < -0.4 is 0 Å². The van der Waals surface area contributed by atoms with Gasteiger partial charge in [-0.3, -0.25) is 0 Å². The number of aromatic nitrogens is 2. The quantitative estimate of drug-likeness (QED) is 0.614. The van der Waals surface area contributed by atoms with Crippen molar-refractivity contribution in [3.05, 3.63) is 20.5 Å². The van der Waals surface area contributed by atoms with Crippen LogP contribution in [0.3, 0.4) is 0 Å². The van der Waals surface area contributed by atoms with Gasteiger partial charge in [0, 0.05) is 18.4 Å². The Bertz CT molecular complexity index is 389. The summed E-state index contributed by atoms with van der Waals surface area (Å²) in [4.78, 5) is 14.5. The number of thioether (sulfide) groups is 1. The van der Waals surface area contributed by atoms with Crippen LogP contribution in [0.1, 0.15) is 11.9 Å². The van der Waals surface area contributed by atoms with Gasteiger partial charge in [-0.05, 0) is 20.9 Å². The predicted molar refractivity (Wildman–Crippen MR) is 57.7 cm³/mol. The average molecular weight is 278 g/mol. The average Bonchev–Trinajstić information content (AvgIpc) is 2.23. The van der Waals surface area contributed by atoms with Gasteiger partial charge in [-0.1, -0.05) is 0 Å². The van der Waals surface area contributed by atoms with Crippen molar-refractivity contribution in [2.75, 3.05) is 11.5 Å². The fraction of sp³-hybridized carbons (Fsp3) is 0.571. The molecule has 2 heterocycles. The maximum atomic E-state index is 10.8. The fourth-order valence-corrected chi connectivity index (χ4v) is 2.81. The van der Waals surface area contributed by atoms with Crippen LogP contribution in [-0.4, -0.2) is 26.0 Å². The molecule has 0 amide bonds. The summed E-state index contributed by atoms with van der Waals surface area (Å²) in [6.45, 7) is 1.79. The van der Waals surface area contributed by atoms with Gasteiger partial charge < -0.3 is 10.1 Å². The predicted octanol–water partition coefficient (Wildman–Crippen LogP) is 2.15. The minimum absolute atomic E-state index is 0.0767. The first-order valence-electron chi connectivity index (χ1n) is 4.07. The highest BCUT2D eigenvalue weighted by molar-refractivity contribution is 9.10. The highest BCUT2D eigenvalue weighted by atomic mass is 79.9. The van der Waals surface area contributed by atoms with Crippen LogP contribution in [0.4, 0.5) is 5.82 Å². The summed E-state index contributed by atoms with van der Waals surface area (Å²) in [6, 6.07) is 0.235. The van der Waals surface area contributed by atoms with E-state index >= 15 is 0 Å². The molecule has 5 nitrogen and oxygen atoms in total. The minimum Gasteiger partial charge on any atom is -0.358 e. The molecule has 0 bridgehead atoms. The first kappa shape index (κ1) is 9.97. The molecule has 1 aliphatic rings. The molecule has 0 unspecified atom stereocenters. The Morgan fingerprint density at radius 3 is 2.79 bits per heavy atom. The highest BCUT2D eigenvalue weighted by Gasteiger charge is 2.33. The number of imidazole rings is 1. The minimum atomic E-state index is -0.382. The van der Waals surface area contributed by atoms with Crippen molar-refractivity contribution in [1.82, 2.24) is 9.55 Å². The summed E-state index contributed by atoms with van der Waals surface area (Å²) in [6.07, 6.45) is 0. The lowest BCUT2D eigenvalue weighted by Gasteiger charge is -2.23. The number of rotatable bonds is 2. The van der Waals surface area contributed by atoms with Crippen LogP contribution in [0.5, 0.6) is 0 Å². The first-order chi connectivity index (χ1) is 6.61. The van der Waals surface area contributed by atoms with E-state index in [1.807, 2.05) is 0 Å². The Hall–Kier alpha value is -0.560. The maximum absolute atomic E-state index is 10.8. The van der Waals surface area contributed by atoms with Crippen LogP contribution in [0, 0.1) is 17.0 Å². The van der Waals surface area contributed by atoms with Gasteiger partial charge in [0.1, 0.15) is 6.04 Å². The molecule has 0 radical (unpaired) electrons. The fourth-order valence-electron chi connectivity index (χ4n) is 1.47. The zero-order valence-corrected chi connectivity index (χ0v) is 9.84. The lowest BCUT2D eigenvalue weighted by Crippen LogP contribution is -2.24. The highest BCUT2D eigenvalue weighted by Crippen LogP contribution is 2.36. The van der Waals surface area contributed by atoms with E-state index in [-0.39, 0.29) is 16.8 Å². The Balaban J connectivity index is 2.49. The Kier molecular flexibility index (Phi) is 2.52. The van der Waals surface area contributed by atoms with E-state index in [2.05, 4.69) is 20.9 Å². The van der Waals surface area contributed by atoms with Gasteiger partial charge in [0.05, 0.1) is 0 Å². The van der Waals surface area contributed by atoms with E-state index in [4.69, 9.17) is 0 Å². The van der Waals surface area contributed by atoms with Gasteiger partial charge in [-0.15, -0.1) is 0 Å². The Morgan fingerprint density at radius 1 is 1.71 bits per heavy atom. The topological polar surface area (TPSA) is 61.0 Å². The number of hydrogen-bond acceptors (Lipinski definition) is 4. The van der Waals surface area contributed by atoms with E-state index in [1.54, 1.807) is 23.3 Å². The van der Waals surface area contributed by atoms with Gasteiger partial charge in [0.25, 0.3) is 0 Å². The monoisotopic (exact) mass is 277 g/mol. The van der Waals surface area contributed by atoms with Crippen molar-refractivity contribution in [2.24, 2.45) is 0 Å². The van der Waals surface area contributed by atoms with E-state index in [1.165, 1.54) is 0 Å². The third-order valence-electron chi connectivity index (χ3n) is 2.18. The molecular weight excluding hydrogens is 270 g/mol. The van der Waals surface area contributed by atoms with Crippen LogP contribution in [0.15, 0.2) is 4.60 Å². The molecule has 1 aromatic rings. The summed E-state index contributed by atoms with van der Waals surface area (Å²) < 4.78 is 2.04. The maximum Gasteiger partial charge on any atom is 0.357 e. The molecule has 0 aromatic carbocycles. The summed E-state index contributed by atoms with van der Waals surface area (Å²) in [7, 11) is 0. The normalized spacial score (nSPS) is 16.7. The number of halogens is 1. The number of aryl methyl sites for hydroxylation is 1. The van der Waals surface area contributed by atoms with Gasteiger partial charge in [-0.25, -0.2) is 4.57 Å². The lowest BCUT2D eigenvalue weighted by molar-refractivity contribution is -0.393. The second-order valence-electron chi connectivity index (χ2n) is 3.09. The van der Waals surface area contributed by atoms with Gasteiger partial charge >= 0.3 is 5.82 Å². The summed E-state index contributed by atoms with van der Waals surface area (Å²) in [5, 5.41) is 10.8. The van der Waals surface area contributed by atoms with Crippen LogP contribution in [0.25, 0.3) is 0 Å². The molecule has 14 heavy (non-hydrogen) atoms. The van der Waals surface area contributed by atoms with Crippen molar-refractivity contribution in [1.29, 1.82) is 0 Å². The van der Waals surface area contributed by atoms with Crippen molar-refractivity contribution in [3.8, 4) is 0 Å². The van der Waals surface area contributed by atoms with Crippen LogP contribution in [-0.2, 0) is 0 Å². The summed E-state index contributed by atoms with van der Waals surface area (Å²) >= 11 is 4.90. The van der Waals surface area contributed by atoms with Crippen molar-refractivity contribution in [3.63, 3.8) is 0 Å². The molecule has 1 aromatic heterocycles. The molecule has 2 rings (SSSR count). The zero-order chi connectivity index (χ0) is 10.3. The second kappa shape index (κ2) is 3.54.